The SMILES string of the molecule is C[C@@H](N)c1ccc(OCc2ccccc2Br)c(F)c1. The molecule has 0 aliphatic heterocycles. The fourth-order valence-electron chi connectivity index (χ4n) is 1.69. The molecule has 0 aliphatic carbocycles. The minimum absolute atomic E-state index is 0.188. The van der Waals surface area contributed by atoms with Crippen molar-refractivity contribution in [3.8, 4) is 5.75 Å². The predicted molar refractivity (Wildman–Crippen MR) is 77.5 cm³/mol. The van der Waals surface area contributed by atoms with Crippen molar-refractivity contribution in [3.63, 3.8) is 0 Å². The lowest BCUT2D eigenvalue weighted by molar-refractivity contribution is 0.289. The van der Waals surface area contributed by atoms with E-state index in [1.54, 1.807) is 12.1 Å². The topological polar surface area (TPSA) is 35.2 Å². The summed E-state index contributed by atoms with van der Waals surface area (Å²) in [6.45, 7) is 2.13. The second kappa shape index (κ2) is 6.17. The first-order valence-electron chi connectivity index (χ1n) is 5.99. The van der Waals surface area contributed by atoms with Crippen molar-refractivity contribution in [1.29, 1.82) is 0 Å². The Morgan fingerprint density at radius 3 is 2.63 bits per heavy atom. The fraction of sp³-hybridized carbons (Fsp3) is 0.200. The summed E-state index contributed by atoms with van der Waals surface area (Å²) in [5.41, 5.74) is 7.43. The van der Waals surface area contributed by atoms with Crippen LogP contribution in [0.4, 0.5) is 4.39 Å². The molecule has 19 heavy (non-hydrogen) atoms. The van der Waals surface area contributed by atoms with Crippen molar-refractivity contribution >= 4 is 15.9 Å². The van der Waals surface area contributed by atoms with Gasteiger partial charge in [-0.2, -0.15) is 0 Å². The Hall–Kier alpha value is -1.39. The summed E-state index contributed by atoms with van der Waals surface area (Å²) < 4.78 is 20.3. The highest BCUT2D eigenvalue weighted by molar-refractivity contribution is 9.10. The van der Waals surface area contributed by atoms with Gasteiger partial charge in [-0.15, -0.1) is 0 Å². The van der Waals surface area contributed by atoms with Crippen molar-refractivity contribution in [2.45, 2.75) is 19.6 Å². The minimum atomic E-state index is -0.387. The standard InChI is InChI=1S/C15H15BrFNO/c1-10(18)11-6-7-15(14(17)8-11)19-9-12-4-2-3-5-13(12)16/h2-8,10H,9,18H2,1H3/t10-/m1/s1. The van der Waals surface area contributed by atoms with Gasteiger partial charge in [-0.1, -0.05) is 40.2 Å². The maximum atomic E-state index is 13.8. The number of halogens is 2. The van der Waals surface area contributed by atoms with Gasteiger partial charge in [-0.25, -0.2) is 4.39 Å². The van der Waals surface area contributed by atoms with E-state index in [1.165, 1.54) is 6.07 Å². The van der Waals surface area contributed by atoms with E-state index in [1.807, 2.05) is 31.2 Å². The molecule has 0 saturated heterocycles. The molecule has 2 N–H and O–H groups in total. The molecule has 2 aromatic carbocycles. The number of nitrogens with two attached hydrogens (primary N) is 1. The van der Waals surface area contributed by atoms with Gasteiger partial charge in [0, 0.05) is 16.1 Å². The van der Waals surface area contributed by atoms with Gasteiger partial charge in [0.1, 0.15) is 6.61 Å². The Kier molecular flexibility index (Phi) is 4.56. The smallest absolute Gasteiger partial charge is 0.165 e. The molecule has 1 atom stereocenters. The Labute approximate surface area is 120 Å². The zero-order valence-electron chi connectivity index (χ0n) is 10.6. The third-order valence-corrected chi connectivity index (χ3v) is 3.60. The maximum Gasteiger partial charge on any atom is 0.165 e. The molecular weight excluding hydrogens is 309 g/mol. The van der Waals surface area contributed by atoms with Crippen molar-refractivity contribution in [1.82, 2.24) is 0 Å². The van der Waals surface area contributed by atoms with Crippen LogP contribution in [-0.4, -0.2) is 0 Å². The molecule has 0 saturated carbocycles. The predicted octanol–water partition coefficient (Wildman–Crippen LogP) is 4.19. The molecule has 2 rings (SSSR count). The van der Waals surface area contributed by atoms with E-state index in [0.29, 0.717) is 6.61 Å². The Balaban J connectivity index is 2.10. The largest absolute Gasteiger partial charge is 0.486 e. The van der Waals surface area contributed by atoms with Crippen LogP contribution in [0.15, 0.2) is 46.9 Å². The normalized spacial score (nSPS) is 12.2. The molecule has 0 unspecified atom stereocenters. The number of rotatable bonds is 4. The maximum absolute atomic E-state index is 13.8. The third kappa shape index (κ3) is 3.55. The minimum Gasteiger partial charge on any atom is -0.486 e. The molecule has 0 radical (unpaired) electrons. The van der Waals surface area contributed by atoms with Crippen molar-refractivity contribution in [3.05, 3.63) is 63.9 Å². The Morgan fingerprint density at radius 1 is 1.26 bits per heavy atom. The van der Waals surface area contributed by atoms with Gasteiger partial charge < -0.3 is 10.5 Å². The van der Waals surface area contributed by atoms with Crippen LogP contribution in [0.3, 0.4) is 0 Å². The molecule has 0 aliphatic rings. The third-order valence-electron chi connectivity index (χ3n) is 2.82. The van der Waals surface area contributed by atoms with Crippen LogP contribution in [0.1, 0.15) is 24.1 Å². The van der Waals surface area contributed by atoms with Crippen LogP contribution < -0.4 is 10.5 Å². The number of hydrogen-bond acceptors (Lipinski definition) is 2. The number of ether oxygens (including phenoxy) is 1. The lowest BCUT2D eigenvalue weighted by Gasteiger charge is -2.11. The van der Waals surface area contributed by atoms with Crippen molar-refractivity contribution < 1.29 is 9.13 Å². The van der Waals surface area contributed by atoms with Gasteiger partial charge in [0.2, 0.25) is 0 Å². The zero-order chi connectivity index (χ0) is 13.8. The molecule has 0 aromatic heterocycles. The highest BCUT2D eigenvalue weighted by Gasteiger charge is 2.08. The van der Waals surface area contributed by atoms with Crippen LogP contribution >= 0.6 is 15.9 Å². The first-order chi connectivity index (χ1) is 9.08. The van der Waals surface area contributed by atoms with Crippen molar-refractivity contribution in [2.24, 2.45) is 5.73 Å². The number of hydrogen-bond donors (Lipinski definition) is 1. The quantitative estimate of drug-likeness (QED) is 0.915. The summed E-state index contributed by atoms with van der Waals surface area (Å²) in [5.74, 6) is -0.151. The summed E-state index contributed by atoms with van der Waals surface area (Å²) in [6.07, 6.45) is 0. The molecule has 0 bridgehead atoms. The second-order valence-corrected chi connectivity index (χ2v) is 5.21. The van der Waals surface area contributed by atoms with Gasteiger partial charge in [-0.05, 0) is 30.7 Å². The van der Waals surface area contributed by atoms with Gasteiger partial charge in [-0.3, -0.25) is 0 Å². The highest BCUT2D eigenvalue weighted by atomic mass is 79.9. The molecule has 4 heteroatoms. The van der Waals surface area contributed by atoms with Gasteiger partial charge in [0.25, 0.3) is 0 Å². The van der Waals surface area contributed by atoms with Crippen LogP contribution in [0.5, 0.6) is 5.75 Å². The van der Waals surface area contributed by atoms with Crippen molar-refractivity contribution in [2.75, 3.05) is 0 Å². The molecule has 100 valence electrons. The highest BCUT2D eigenvalue weighted by Crippen LogP contribution is 2.23. The molecule has 2 nitrogen and oxygen atoms in total. The molecular formula is C15H15BrFNO. The van der Waals surface area contributed by atoms with E-state index < -0.39 is 0 Å². The van der Waals surface area contributed by atoms with E-state index in [-0.39, 0.29) is 17.6 Å². The molecule has 0 spiro atoms. The second-order valence-electron chi connectivity index (χ2n) is 4.36. The van der Waals surface area contributed by atoms with Gasteiger partial charge in [0.05, 0.1) is 0 Å². The van der Waals surface area contributed by atoms with Crippen LogP contribution in [-0.2, 0) is 6.61 Å². The van der Waals surface area contributed by atoms with E-state index in [2.05, 4.69) is 15.9 Å². The van der Waals surface area contributed by atoms with Gasteiger partial charge >= 0.3 is 0 Å². The van der Waals surface area contributed by atoms with E-state index in [0.717, 1.165) is 15.6 Å². The van der Waals surface area contributed by atoms with Gasteiger partial charge in [0.15, 0.2) is 11.6 Å². The lowest BCUT2D eigenvalue weighted by Crippen LogP contribution is -2.06. The monoisotopic (exact) mass is 323 g/mol. The molecule has 0 fully saturated rings. The van der Waals surface area contributed by atoms with E-state index in [4.69, 9.17) is 10.5 Å². The first kappa shape index (κ1) is 14.0. The fourth-order valence-corrected chi connectivity index (χ4v) is 2.09. The molecule has 2 aromatic rings. The van der Waals surface area contributed by atoms with Crippen LogP contribution in [0.2, 0.25) is 0 Å². The molecule has 0 heterocycles. The lowest BCUT2D eigenvalue weighted by atomic mass is 10.1. The average Bonchev–Trinajstić information content (AvgIpc) is 2.39. The van der Waals surface area contributed by atoms with Crippen LogP contribution in [0, 0.1) is 5.82 Å². The Bertz CT molecular complexity index is 572. The molecule has 0 amide bonds. The summed E-state index contributed by atoms with van der Waals surface area (Å²) in [4.78, 5) is 0. The summed E-state index contributed by atoms with van der Waals surface area (Å²) in [6, 6.07) is 12.3. The number of benzene rings is 2. The van der Waals surface area contributed by atoms with Crippen LogP contribution in [0.25, 0.3) is 0 Å². The van der Waals surface area contributed by atoms with E-state index >= 15 is 0 Å². The summed E-state index contributed by atoms with van der Waals surface area (Å²) in [5, 5.41) is 0. The summed E-state index contributed by atoms with van der Waals surface area (Å²) >= 11 is 3.43. The zero-order valence-corrected chi connectivity index (χ0v) is 12.2. The Morgan fingerprint density at radius 2 is 2.00 bits per heavy atom. The van der Waals surface area contributed by atoms with E-state index in [9.17, 15) is 4.39 Å². The summed E-state index contributed by atoms with van der Waals surface area (Å²) in [7, 11) is 0. The first-order valence-corrected chi connectivity index (χ1v) is 6.78. The average molecular weight is 324 g/mol.